The van der Waals surface area contributed by atoms with Crippen LogP contribution in [0.15, 0.2) is 0 Å². The lowest BCUT2D eigenvalue weighted by atomic mass is 9.90. The molecule has 0 aromatic heterocycles. The zero-order valence-electron chi connectivity index (χ0n) is 21.9. The summed E-state index contributed by atoms with van der Waals surface area (Å²) in [4.78, 5) is 23.5. The van der Waals surface area contributed by atoms with E-state index >= 15 is 0 Å². The second kappa shape index (κ2) is 23.1. The van der Waals surface area contributed by atoms with Crippen LogP contribution in [0.3, 0.4) is 0 Å². The Bertz CT molecular complexity index is 433. The van der Waals surface area contributed by atoms with Crippen molar-refractivity contribution < 1.29 is 19.1 Å². The van der Waals surface area contributed by atoms with Gasteiger partial charge in [0, 0.05) is 6.42 Å². The van der Waals surface area contributed by atoms with Gasteiger partial charge in [-0.25, -0.2) is 0 Å². The zero-order chi connectivity index (χ0) is 23.9. The minimum Gasteiger partial charge on any atom is -0.466 e. The molecule has 0 aromatic rings. The number of unbranched alkanes of at least 4 members (excludes halogenated alkanes) is 13. The Labute approximate surface area is 199 Å². The number of hydrogen-bond acceptors (Lipinski definition) is 4. The molecule has 0 aliphatic rings. The summed E-state index contributed by atoms with van der Waals surface area (Å²) < 4.78 is 10.4. The summed E-state index contributed by atoms with van der Waals surface area (Å²) in [5.74, 6) is 0.422. The Kier molecular flexibility index (Phi) is 22.3. The van der Waals surface area contributed by atoms with Crippen molar-refractivity contribution in [3.05, 3.63) is 0 Å². The second-order valence-electron chi connectivity index (χ2n) is 9.73. The second-order valence-corrected chi connectivity index (χ2v) is 9.73. The number of carbonyl (C=O) groups is 2. The summed E-state index contributed by atoms with van der Waals surface area (Å²) in [5, 5.41) is 0. The molecule has 0 spiro atoms. The molecule has 0 radical (unpaired) electrons. The number of carbonyl (C=O) groups excluding carboxylic acids is 2. The van der Waals surface area contributed by atoms with Gasteiger partial charge in [0.2, 0.25) is 0 Å². The van der Waals surface area contributed by atoms with E-state index in [0.717, 1.165) is 38.5 Å². The molecule has 190 valence electrons. The van der Waals surface area contributed by atoms with Gasteiger partial charge in [-0.2, -0.15) is 0 Å². The third kappa shape index (κ3) is 19.6. The smallest absolute Gasteiger partial charge is 0.309 e. The van der Waals surface area contributed by atoms with E-state index in [1.807, 2.05) is 13.8 Å². The van der Waals surface area contributed by atoms with Crippen molar-refractivity contribution in [2.75, 3.05) is 13.2 Å². The Balaban J connectivity index is 3.38. The van der Waals surface area contributed by atoms with Gasteiger partial charge in [-0.1, -0.05) is 111 Å². The average Bonchev–Trinajstić information content (AvgIpc) is 2.77. The highest BCUT2D eigenvalue weighted by molar-refractivity contribution is 5.72. The molecular formula is C28H54O4. The van der Waals surface area contributed by atoms with Gasteiger partial charge in [-0.05, 0) is 31.6 Å². The van der Waals surface area contributed by atoms with E-state index in [-0.39, 0.29) is 17.9 Å². The van der Waals surface area contributed by atoms with Gasteiger partial charge in [-0.3, -0.25) is 9.59 Å². The summed E-state index contributed by atoms with van der Waals surface area (Å²) in [6.45, 7) is 9.44. The van der Waals surface area contributed by atoms with Crippen molar-refractivity contribution in [3.63, 3.8) is 0 Å². The molecule has 4 heteroatoms. The molecule has 0 heterocycles. The lowest BCUT2D eigenvalue weighted by Gasteiger charge is -2.19. The average molecular weight is 455 g/mol. The molecule has 0 aliphatic heterocycles. The van der Waals surface area contributed by atoms with Crippen LogP contribution >= 0.6 is 0 Å². The van der Waals surface area contributed by atoms with Crippen LogP contribution in [-0.4, -0.2) is 25.2 Å². The zero-order valence-corrected chi connectivity index (χ0v) is 21.9. The number of hydrogen-bond donors (Lipinski definition) is 0. The first-order chi connectivity index (χ1) is 15.5. The van der Waals surface area contributed by atoms with E-state index in [4.69, 9.17) is 9.47 Å². The maximum atomic E-state index is 12.1. The first kappa shape index (κ1) is 30.9. The minimum absolute atomic E-state index is 0.00830. The molecule has 0 aromatic carbocycles. The standard InChI is InChI=1S/C28H54O4/c1-5-23-31-27(29)22-20-18-16-14-12-10-8-7-9-11-13-15-17-19-21-26(25(3)4)28(30)32-24-6-2/h25-26H,5-24H2,1-4H3. The number of ether oxygens (including phenoxy) is 2. The third-order valence-electron chi connectivity index (χ3n) is 6.17. The molecule has 0 saturated carbocycles. The molecule has 4 nitrogen and oxygen atoms in total. The quantitative estimate of drug-likeness (QED) is 0.115. The Hall–Kier alpha value is -1.06. The van der Waals surface area contributed by atoms with Gasteiger partial charge in [0.05, 0.1) is 19.1 Å². The fourth-order valence-electron chi connectivity index (χ4n) is 4.08. The van der Waals surface area contributed by atoms with Gasteiger partial charge in [-0.15, -0.1) is 0 Å². The van der Waals surface area contributed by atoms with Crippen LogP contribution in [0, 0.1) is 11.8 Å². The van der Waals surface area contributed by atoms with Crippen LogP contribution in [0.4, 0.5) is 0 Å². The molecule has 1 atom stereocenters. The Morgan fingerprint density at radius 3 is 1.44 bits per heavy atom. The van der Waals surface area contributed by atoms with Crippen LogP contribution in [0.5, 0.6) is 0 Å². The van der Waals surface area contributed by atoms with Crippen LogP contribution in [0.25, 0.3) is 0 Å². The first-order valence-corrected chi connectivity index (χ1v) is 13.8. The van der Waals surface area contributed by atoms with Crippen molar-refractivity contribution in [3.8, 4) is 0 Å². The van der Waals surface area contributed by atoms with Crippen LogP contribution < -0.4 is 0 Å². The molecule has 0 aliphatic carbocycles. The van der Waals surface area contributed by atoms with Crippen LogP contribution in [0.2, 0.25) is 0 Å². The molecule has 1 unspecified atom stereocenters. The Morgan fingerprint density at radius 2 is 1.00 bits per heavy atom. The highest BCUT2D eigenvalue weighted by Gasteiger charge is 2.22. The molecular weight excluding hydrogens is 400 g/mol. The monoisotopic (exact) mass is 454 g/mol. The van der Waals surface area contributed by atoms with Gasteiger partial charge in [0.15, 0.2) is 0 Å². The van der Waals surface area contributed by atoms with E-state index in [9.17, 15) is 9.59 Å². The van der Waals surface area contributed by atoms with Crippen molar-refractivity contribution in [1.29, 1.82) is 0 Å². The van der Waals surface area contributed by atoms with Crippen molar-refractivity contribution in [2.24, 2.45) is 11.8 Å². The normalized spacial score (nSPS) is 12.2. The fourth-order valence-corrected chi connectivity index (χ4v) is 4.08. The summed E-state index contributed by atoms with van der Waals surface area (Å²) in [6, 6.07) is 0. The molecule has 0 fully saturated rings. The van der Waals surface area contributed by atoms with Crippen molar-refractivity contribution in [2.45, 2.75) is 143 Å². The topological polar surface area (TPSA) is 52.6 Å². The summed E-state index contributed by atoms with van der Waals surface area (Å²) in [7, 11) is 0. The van der Waals surface area contributed by atoms with E-state index in [1.54, 1.807) is 0 Å². The SMILES string of the molecule is CCCOC(=O)CCCCCCCCCCCCCCCCC(C(=O)OCCC)C(C)C. The molecule has 0 rings (SSSR count). The van der Waals surface area contributed by atoms with Gasteiger partial charge in [0.1, 0.15) is 0 Å². The van der Waals surface area contributed by atoms with Gasteiger partial charge < -0.3 is 9.47 Å². The lowest BCUT2D eigenvalue weighted by Crippen LogP contribution is -2.23. The number of rotatable bonds is 23. The van der Waals surface area contributed by atoms with E-state index < -0.39 is 0 Å². The molecule has 0 amide bonds. The first-order valence-electron chi connectivity index (χ1n) is 13.8. The molecule has 0 N–H and O–H groups in total. The molecule has 0 saturated heterocycles. The molecule has 0 bridgehead atoms. The van der Waals surface area contributed by atoms with Crippen LogP contribution in [0.1, 0.15) is 143 Å². The maximum absolute atomic E-state index is 12.1. The minimum atomic E-state index is -0.0290. The lowest BCUT2D eigenvalue weighted by molar-refractivity contribution is -0.150. The summed E-state index contributed by atoms with van der Waals surface area (Å²) >= 11 is 0. The summed E-state index contributed by atoms with van der Waals surface area (Å²) in [5.41, 5.74) is 0. The van der Waals surface area contributed by atoms with E-state index in [2.05, 4.69) is 13.8 Å². The highest BCUT2D eigenvalue weighted by atomic mass is 16.5. The molecule has 32 heavy (non-hydrogen) atoms. The predicted octanol–water partition coefficient (Wildman–Crippen LogP) is 8.41. The van der Waals surface area contributed by atoms with Gasteiger partial charge >= 0.3 is 11.9 Å². The van der Waals surface area contributed by atoms with Gasteiger partial charge in [0.25, 0.3) is 0 Å². The van der Waals surface area contributed by atoms with E-state index in [0.29, 0.717) is 25.6 Å². The largest absolute Gasteiger partial charge is 0.466 e. The number of esters is 2. The third-order valence-corrected chi connectivity index (χ3v) is 6.17. The fraction of sp³-hybridized carbons (Fsp3) is 0.929. The van der Waals surface area contributed by atoms with Crippen molar-refractivity contribution >= 4 is 11.9 Å². The Morgan fingerprint density at radius 1 is 0.594 bits per heavy atom. The van der Waals surface area contributed by atoms with Crippen LogP contribution in [-0.2, 0) is 19.1 Å². The predicted molar refractivity (Wildman–Crippen MR) is 135 cm³/mol. The highest BCUT2D eigenvalue weighted by Crippen LogP contribution is 2.21. The van der Waals surface area contributed by atoms with E-state index in [1.165, 1.54) is 70.6 Å². The van der Waals surface area contributed by atoms with Crippen molar-refractivity contribution in [1.82, 2.24) is 0 Å². The summed E-state index contributed by atoms with van der Waals surface area (Å²) in [6.07, 6.45) is 21.1. The maximum Gasteiger partial charge on any atom is 0.309 e.